The van der Waals surface area contributed by atoms with Gasteiger partial charge in [-0.2, -0.15) is 0 Å². The van der Waals surface area contributed by atoms with Crippen LogP contribution in [0, 0.1) is 0 Å². The molecule has 0 fully saturated rings. The first-order valence-electron chi connectivity index (χ1n) is 11.7. The van der Waals surface area contributed by atoms with Crippen LogP contribution in [0.15, 0.2) is 60.9 Å². The highest BCUT2D eigenvalue weighted by molar-refractivity contribution is 8.15. The molecule has 0 saturated heterocycles. The molecule has 0 bridgehead atoms. The lowest BCUT2D eigenvalue weighted by atomic mass is 10.1. The maximum Gasteiger partial charge on any atom is 0.230 e. The third-order valence-electron chi connectivity index (χ3n) is 5.83. The Balaban J connectivity index is 1.64. The van der Waals surface area contributed by atoms with E-state index in [9.17, 15) is 4.79 Å². The Kier molecular flexibility index (Phi) is 8.79. The number of fused-ring (bicyclic) bond motifs is 1. The Bertz CT molecular complexity index is 1330. The summed E-state index contributed by atoms with van der Waals surface area (Å²) < 4.78 is 15.0. The Morgan fingerprint density at radius 3 is 2.56 bits per heavy atom. The van der Waals surface area contributed by atoms with Gasteiger partial charge >= 0.3 is 0 Å². The molecule has 0 amide bonds. The van der Waals surface area contributed by atoms with E-state index in [-0.39, 0.29) is 19.1 Å². The van der Waals surface area contributed by atoms with E-state index in [1.807, 2.05) is 54.7 Å². The molecule has 0 aliphatic rings. The third kappa shape index (κ3) is 6.72. The van der Waals surface area contributed by atoms with Gasteiger partial charge < -0.3 is 18.1 Å². The van der Waals surface area contributed by atoms with Gasteiger partial charge in [0.15, 0.2) is 5.82 Å². The normalized spacial score (nSPS) is 11.9. The molecule has 0 saturated carbocycles. The summed E-state index contributed by atoms with van der Waals surface area (Å²) in [5.74, 6) is 0.152. The van der Waals surface area contributed by atoms with E-state index in [1.165, 1.54) is 0 Å². The SMILES string of the molecule is [B]SOCc1cn(COCC[Si](C)(C)C)c(C(=O)c2cn(Cc3ccc(Cl)cc3)c3ccccc23)n1. The molecular weight excluding hydrogens is 509 g/mol. The van der Waals surface area contributed by atoms with Crippen LogP contribution in [0.4, 0.5) is 0 Å². The first kappa shape index (κ1) is 26.8. The third-order valence-corrected chi connectivity index (χ3v) is 8.04. The van der Waals surface area contributed by atoms with E-state index in [2.05, 4.69) is 29.2 Å². The van der Waals surface area contributed by atoms with Crippen LogP contribution in [0.5, 0.6) is 0 Å². The van der Waals surface area contributed by atoms with E-state index in [1.54, 1.807) is 10.8 Å². The Morgan fingerprint density at radius 2 is 1.83 bits per heavy atom. The van der Waals surface area contributed by atoms with Crippen molar-refractivity contribution in [2.24, 2.45) is 0 Å². The zero-order valence-electron chi connectivity index (χ0n) is 20.7. The van der Waals surface area contributed by atoms with Crippen LogP contribution >= 0.6 is 23.5 Å². The van der Waals surface area contributed by atoms with Gasteiger partial charge in [0.05, 0.1) is 11.3 Å². The van der Waals surface area contributed by atoms with Gasteiger partial charge in [-0.1, -0.05) is 73.5 Å². The summed E-state index contributed by atoms with van der Waals surface area (Å²) in [6.07, 6.45) is 3.70. The molecule has 6 nitrogen and oxygen atoms in total. The number of halogens is 1. The second-order valence-electron chi connectivity index (χ2n) is 9.88. The number of hydrogen-bond acceptors (Lipinski definition) is 5. The molecule has 0 spiro atoms. The first-order chi connectivity index (χ1) is 17.2. The van der Waals surface area contributed by atoms with Gasteiger partial charge in [-0.15, -0.1) is 0 Å². The minimum absolute atomic E-state index is 0.165. The zero-order chi connectivity index (χ0) is 25.7. The summed E-state index contributed by atoms with van der Waals surface area (Å²) in [5.41, 5.74) is 3.28. The smallest absolute Gasteiger partial charge is 0.230 e. The van der Waals surface area contributed by atoms with Crippen LogP contribution in [0.25, 0.3) is 10.9 Å². The Morgan fingerprint density at radius 1 is 1.08 bits per heavy atom. The predicted octanol–water partition coefficient (Wildman–Crippen LogP) is 6.33. The van der Waals surface area contributed by atoms with Crippen LogP contribution in [-0.4, -0.2) is 41.7 Å². The van der Waals surface area contributed by atoms with Crippen molar-refractivity contribution in [3.8, 4) is 0 Å². The molecule has 0 aliphatic heterocycles. The summed E-state index contributed by atoms with van der Waals surface area (Å²) in [7, 11) is 4.19. The van der Waals surface area contributed by atoms with E-state index in [0.29, 0.717) is 35.3 Å². The summed E-state index contributed by atoms with van der Waals surface area (Å²) in [4.78, 5) is 18.4. The Labute approximate surface area is 223 Å². The molecule has 0 unspecified atom stereocenters. The van der Waals surface area contributed by atoms with Crippen molar-refractivity contribution in [1.82, 2.24) is 14.1 Å². The lowest BCUT2D eigenvalue weighted by Crippen LogP contribution is -2.22. The van der Waals surface area contributed by atoms with Crippen molar-refractivity contribution in [2.75, 3.05) is 6.61 Å². The van der Waals surface area contributed by atoms with Gasteiger partial charge in [0.25, 0.3) is 0 Å². The molecule has 2 radical (unpaired) electrons. The highest BCUT2D eigenvalue weighted by atomic mass is 35.5. The number of carbonyl (C=O) groups is 1. The van der Waals surface area contributed by atoms with Gasteiger partial charge in [0.2, 0.25) is 12.9 Å². The summed E-state index contributed by atoms with van der Waals surface area (Å²) in [6, 6.07) is 16.7. The van der Waals surface area contributed by atoms with Crippen molar-refractivity contribution in [3.05, 3.63) is 88.6 Å². The van der Waals surface area contributed by atoms with Crippen molar-refractivity contribution in [2.45, 2.75) is 45.6 Å². The van der Waals surface area contributed by atoms with Crippen molar-refractivity contribution in [3.63, 3.8) is 0 Å². The average molecular weight is 538 g/mol. The van der Waals surface area contributed by atoms with E-state index < -0.39 is 8.07 Å². The van der Waals surface area contributed by atoms with Crippen molar-refractivity contribution < 1.29 is 13.7 Å². The molecule has 2 aromatic heterocycles. The molecule has 0 atom stereocenters. The summed E-state index contributed by atoms with van der Waals surface area (Å²) >= 11 is 6.83. The van der Waals surface area contributed by atoms with E-state index in [4.69, 9.17) is 27.6 Å². The number of ether oxygens (including phenoxy) is 1. The van der Waals surface area contributed by atoms with Crippen molar-refractivity contribution >= 4 is 55.4 Å². The second-order valence-corrected chi connectivity index (χ2v) is 16.4. The lowest BCUT2D eigenvalue weighted by molar-refractivity contribution is 0.0812. The van der Waals surface area contributed by atoms with Gasteiger partial charge in [-0.05, 0) is 29.8 Å². The summed E-state index contributed by atoms with van der Waals surface area (Å²) in [6.45, 7) is 8.63. The lowest BCUT2D eigenvalue weighted by Gasteiger charge is -2.15. The first-order valence-corrected chi connectivity index (χ1v) is 16.6. The maximum absolute atomic E-state index is 13.8. The molecule has 186 valence electrons. The van der Waals surface area contributed by atoms with Crippen LogP contribution in [0.1, 0.15) is 27.4 Å². The molecular formula is C26H29BClN3O3SSi. The number of carbonyl (C=O) groups excluding carboxylic acids is 1. The maximum atomic E-state index is 13.8. The fraction of sp³-hybridized carbons (Fsp3) is 0.308. The van der Waals surface area contributed by atoms with Gasteiger partial charge in [-0.25, -0.2) is 4.98 Å². The number of ketones is 1. The van der Waals surface area contributed by atoms with Crippen molar-refractivity contribution in [1.29, 1.82) is 0 Å². The molecule has 36 heavy (non-hydrogen) atoms. The minimum Gasteiger partial charge on any atom is -0.361 e. The monoisotopic (exact) mass is 537 g/mol. The van der Waals surface area contributed by atoms with E-state index in [0.717, 1.165) is 34.4 Å². The Hall–Kier alpha value is -2.30. The summed E-state index contributed by atoms with van der Waals surface area (Å²) in [5, 5.41) is 1.57. The highest BCUT2D eigenvalue weighted by Gasteiger charge is 2.23. The fourth-order valence-corrected chi connectivity index (χ4v) is 4.99. The fourth-order valence-electron chi connectivity index (χ4n) is 3.92. The van der Waals surface area contributed by atoms with Gasteiger partial charge in [0.1, 0.15) is 13.3 Å². The van der Waals surface area contributed by atoms with Crippen LogP contribution in [-0.2, 0) is 28.8 Å². The largest absolute Gasteiger partial charge is 0.361 e. The predicted molar refractivity (Wildman–Crippen MR) is 150 cm³/mol. The molecule has 0 aliphatic carbocycles. The van der Waals surface area contributed by atoms with Crippen LogP contribution in [0.2, 0.25) is 30.7 Å². The van der Waals surface area contributed by atoms with Crippen LogP contribution in [0.3, 0.4) is 0 Å². The number of aromatic nitrogens is 3. The molecule has 2 heterocycles. The molecule has 4 aromatic rings. The number of hydrogen-bond donors (Lipinski definition) is 0. The zero-order valence-corrected chi connectivity index (χ0v) is 23.3. The number of benzene rings is 2. The molecule has 4 rings (SSSR count). The molecule has 10 heteroatoms. The second kappa shape index (κ2) is 11.8. The number of nitrogens with zero attached hydrogens (tertiary/aromatic N) is 3. The standard InChI is InChI=1S/C26H29BClN3O3SSi/c1-36(2,3)13-12-33-18-31-15-21(17-34-35-27)29-26(31)25(32)23-16-30(24-7-5-4-6-22(23)24)14-19-8-10-20(28)11-9-19/h4-11,15-16H,12-14,17-18H2,1-3H3. The quantitative estimate of drug-likeness (QED) is 0.0914. The number of rotatable bonds is 12. The van der Waals surface area contributed by atoms with Crippen LogP contribution < -0.4 is 0 Å². The van der Waals surface area contributed by atoms with E-state index >= 15 is 0 Å². The molecule has 2 aromatic carbocycles. The number of imidazole rings is 1. The average Bonchev–Trinajstić information content (AvgIpc) is 3.42. The highest BCUT2D eigenvalue weighted by Crippen LogP contribution is 2.25. The number of para-hydroxylation sites is 1. The van der Waals surface area contributed by atoms with Gasteiger partial charge in [-0.3, -0.25) is 4.79 Å². The topological polar surface area (TPSA) is 58.3 Å². The van der Waals surface area contributed by atoms with Gasteiger partial charge in [0, 0.05) is 49.5 Å². The molecule has 0 N–H and O–H groups in total. The minimum atomic E-state index is -1.22.